The molecule has 2 amide bonds. The monoisotopic (exact) mass is 601 g/mol. The van der Waals surface area contributed by atoms with Crippen LogP contribution in [0, 0.1) is 17.6 Å². The number of carbonyl (C=O) groups is 2. The highest BCUT2D eigenvalue weighted by atomic mass is 32.2. The van der Waals surface area contributed by atoms with Gasteiger partial charge in [0, 0.05) is 19.2 Å². The largest absolute Gasteiger partial charge is 0.486 e. The fraction of sp³-hybridized carbons (Fsp3) is 0.333. The molecule has 1 N–H and O–H groups in total. The molecule has 1 aliphatic rings. The maximum Gasteiger partial charge on any atom is 0.264 e. The Bertz CT molecular complexity index is 1510. The molecule has 4 rings (SSSR count). The smallest absolute Gasteiger partial charge is 0.264 e. The van der Waals surface area contributed by atoms with Gasteiger partial charge in [0.05, 0.1) is 10.6 Å². The number of carbonyl (C=O) groups excluding carboxylic acids is 2. The molecule has 1 aliphatic heterocycles. The van der Waals surface area contributed by atoms with Crippen LogP contribution in [0.4, 0.5) is 14.5 Å². The van der Waals surface area contributed by atoms with Crippen molar-refractivity contribution in [3.05, 3.63) is 83.9 Å². The minimum Gasteiger partial charge on any atom is -0.486 e. The van der Waals surface area contributed by atoms with Crippen molar-refractivity contribution in [3.8, 4) is 11.5 Å². The van der Waals surface area contributed by atoms with Gasteiger partial charge in [-0.1, -0.05) is 26.0 Å². The number of nitrogens with zero attached hydrogens (tertiary/aromatic N) is 2. The van der Waals surface area contributed by atoms with Gasteiger partial charge < -0.3 is 19.7 Å². The average Bonchev–Trinajstić information content (AvgIpc) is 2.98. The van der Waals surface area contributed by atoms with Crippen molar-refractivity contribution in [2.75, 3.05) is 30.6 Å². The van der Waals surface area contributed by atoms with Crippen LogP contribution in [0.1, 0.15) is 26.3 Å². The van der Waals surface area contributed by atoms with E-state index in [1.807, 2.05) is 13.8 Å². The molecule has 0 saturated carbocycles. The van der Waals surface area contributed by atoms with Gasteiger partial charge in [0.15, 0.2) is 11.5 Å². The van der Waals surface area contributed by atoms with E-state index in [9.17, 15) is 26.8 Å². The van der Waals surface area contributed by atoms with Crippen molar-refractivity contribution in [1.29, 1.82) is 0 Å². The Labute approximate surface area is 244 Å². The molecule has 224 valence electrons. The highest BCUT2D eigenvalue weighted by Crippen LogP contribution is 2.34. The van der Waals surface area contributed by atoms with Crippen LogP contribution in [0.5, 0.6) is 11.5 Å². The van der Waals surface area contributed by atoms with Crippen LogP contribution in [-0.2, 0) is 26.2 Å². The Morgan fingerprint density at radius 3 is 2.10 bits per heavy atom. The van der Waals surface area contributed by atoms with Crippen molar-refractivity contribution in [2.45, 2.75) is 38.3 Å². The van der Waals surface area contributed by atoms with E-state index in [4.69, 9.17) is 9.47 Å². The first-order valence-electron chi connectivity index (χ1n) is 13.5. The molecule has 1 atom stereocenters. The minimum atomic E-state index is -4.40. The minimum absolute atomic E-state index is 0.0401. The summed E-state index contributed by atoms with van der Waals surface area (Å²) in [6.07, 6.45) is 0. The summed E-state index contributed by atoms with van der Waals surface area (Å²) in [6, 6.07) is 13.2. The molecule has 3 aromatic carbocycles. The number of nitrogens with one attached hydrogen (secondary N) is 1. The molecule has 1 heterocycles. The molecule has 0 bridgehead atoms. The van der Waals surface area contributed by atoms with E-state index < -0.39 is 46.1 Å². The number of anilines is 1. The fourth-order valence-corrected chi connectivity index (χ4v) is 5.70. The number of sulfonamides is 1. The third-order valence-corrected chi connectivity index (χ3v) is 8.38. The predicted molar refractivity (Wildman–Crippen MR) is 153 cm³/mol. The van der Waals surface area contributed by atoms with Gasteiger partial charge in [-0.15, -0.1) is 0 Å². The lowest BCUT2D eigenvalue weighted by Gasteiger charge is -2.32. The number of hydrogen-bond acceptors (Lipinski definition) is 6. The van der Waals surface area contributed by atoms with E-state index in [1.54, 1.807) is 0 Å². The second kappa shape index (κ2) is 13.2. The molecule has 0 fully saturated rings. The quantitative estimate of drug-likeness (QED) is 0.355. The topological polar surface area (TPSA) is 105 Å². The van der Waals surface area contributed by atoms with Crippen LogP contribution >= 0.6 is 0 Å². The standard InChI is InChI=1S/C30H33F2N3O6S/c1-20(2)17-33-30(37)21(3)34(18-22-4-6-23(31)7-5-22)29(36)19-35(25-10-8-24(32)9-11-25)42(38,39)26-12-13-27-28(16-26)41-15-14-40-27/h4-13,16,20-21H,14-15,17-19H2,1-3H3,(H,33,37)/t21-/m1/s1. The molecule has 0 saturated heterocycles. The summed E-state index contributed by atoms with van der Waals surface area (Å²) >= 11 is 0. The van der Waals surface area contributed by atoms with Gasteiger partial charge in [0.1, 0.15) is 37.4 Å². The van der Waals surface area contributed by atoms with E-state index in [0.717, 1.165) is 16.4 Å². The number of hydrogen-bond donors (Lipinski definition) is 1. The van der Waals surface area contributed by atoms with E-state index in [0.29, 0.717) is 24.5 Å². The summed E-state index contributed by atoms with van der Waals surface area (Å²) in [7, 11) is -4.40. The Balaban J connectivity index is 1.70. The fourth-order valence-electron chi connectivity index (χ4n) is 4.27. The molecule has 0 unspecified atom stereocenters. The van der Waals surface area contributed by atoms with Crippen LogP contribution in [-0.4, -0.2) is 57.5 Å². The first kappa shape index (κ1) is 30.8. The van der Waals surface area contributed by atoms with Crippen LogP contribution < -0.4 is 19.1 Å². The Morgan fingerprint density at radius 2 is 1.48 bits per heavy atom. The Hall–Kier alpha value is -4.19. The van der Waals surface area contributed by atoms with Gasteiger partial charge in [0.2, 0.25) is 11.8 Å². The molecule has 12 heteroatoms. The zero-order chi connectivity index (χ0) is 30.4. The highest BCUT2D eigenvalue weighted by molar-refractivity contribution is 7.92. The third kappa shape index (κ3) is 7.35. The van der Waals surface area contributed by atoms with Crippen LogP contribution in [0.2, 0.25) is 0 Å². The second-order valence-electron chi connectivity index (χ2n) is 10.3. The summed E-state index contributed by atoms with van der Waals surface area (Å²) in [4.78, 5) is 28.0. The summed E-state index contributed by atoms with van der Waals surface area (Å²) in [5.41, 5.74) is 0.578. The number of rotatable bonds is 11. The maximum atomic E-state index is 14.0. The maximum absolute atomic E-state index is 14.0. The zero-order valence-corrected chi connectivity index (χ0v) is 24.4. The van der Waals surface area contributed by atoms with Gasteiger partial charge in [0.25, 0.3) is 10.0 Å². The van der Waals surface area contributed by atoms with Gasteiger partial charge >= 0.3 is 0 Å². The van der Waals surface area contributed by atoms with Gasteiger partial charge in [-0.3, -0.25) is 13.9 Å². The molecular weight excluding hydrogens is 568 g/mol. The van der Waals surface area contributed by atoms with Gasteiger partial charge in [-0.05, 0) is 66.9 Å². The van der Waals surface area contributed by atoms with Crippen molar-refractivity contribution in [1.82, 2.24) is 10.2 Å². The second-order valence-corrected chi connectivity index (χ2v) is 12.1. The predicted octanol–water partition coefficient (Wildman–Crippen LogP) is 4.12. The van der Waals surface area contributed by atoms with Gasteiger partial charge in [-0.2, -0.15) is 0 Å². The Kier molecular flexibility index (Phi) is 9.66. The molecule has 9 nitrogen and oxygen atoms in total. The van der Waals surface area contributed by atoms with Crippen molar-refractivity contribution < 1.29 is 36.3 Å². The molecule has 0 radical (unpaired) electrons. The van der Waals surface area contributed by atoms with Crippen LogP contribution in [0.25, 0.3) is 0 Å². The highest BCUT2D eigenvalue weighted by Gasteiger charge is 2.33. The van der Waals surface area contributed by atoms with E-state index in [2.05, 4.69) is 5.32 Å². The summed E-state index contributed by atoms with van der Waals surface area (Å²) in [6.45, 7) is 5.54. The van der Waals surface area contributed by atoms with Crippen molar-refractivity contribution in [3.63, 3.8) is 0 Å². The molecule has 0 aliphatic carbocycles. The average molecular weight is 602 g/mol. The third-order valence-electron chi connectivity index (χ3n) is 6.61. The van der Waals surface area contributed by atoms with Crippen LogP contribution in [0.3, 0.4) is 0 Å². The lowest BCUT2D eigenvalue weighted by molar-refractivity contribution is -0.139. The molecule has 3 aromatic rings. The normalized spacial score (nSPS) is 13.4. The number of fused-ring (bicyclic) bond motifs is 1. The number of halogens is 2. The van der Waals surface area contributed by atoms with E-state index >= 15 is 0 Å². The Morgan fingerprint density at radius 1 is 0.881 bits per heavy atom. The SMILES string of the molecule is CC(C)CNC(=O)[C@@H](C)N(Cc1ccc(F)cc1)C(=O)CN(c1ccc(F)cc1)S(=O)(=O)c1ccc2c(c1)OCCO2. The molecular formula is C30H33F2N3O6S. The molecule has 42 heavy (non-hydrogen) atoms. The van der Waals surface area contributed by atoms with E-state index in [-0.39, 0.29) is 35.4 Å². The zero-order valence-electron chi connectivity index (χ0n) is 23.5. The lowest BCUT2D eigenvalue weighted by Crippen LogP contribution is -2.51. The summed E-state index contributed by atoms with van der Waals surface area (Å²) in [5, 5.41) is 2.80. The van der Waals surface area contributed by atoms with Gasteiger partial charge in [-0.25, -0.2) is 17.2 Å². The van der Waals surface area contributed by atoms with Crippen LogP contribution in [0.15, 0.2) is 71.6 Å². The molecule has 0 spiro atoms. The summed E-state index contributed by atoms with van der Waals surface area (Å²) in [5.74, 6) is -1.40. The molecule has 0 aromatic heterocycles. The lowest BCUT2D eigenvalue weighted by atomic mass is 10.1. The first-order chi connectivity index (χ1) is 20.0. The van der Waals surface area contributed by atoms with E-state index in [1.165, 1.54) is 66.4 Å². The summed E-state index contributed by atoms with van der Waals surface area (Å²) < 4.78 is 67.2. The van der Waals surface area contributed by atoms with Crippen molar-refractivity contribution >= 4 is 27.5 Å². The van der Waals surface area contributed by atoms with Crippen molar-refractivity contribution in [2.24, 2.45) is 5.92 Å². The number of amides is 2. The first-order valence-corrected chi connectivity index (χ1v) is 14.9. The number of benzene rings is 3. The number of ether oxygens (including phenoxy) is 2.